The van der Waals surface area contributed by atoms with Crippen LogP contribution >= 0.6 is 0 Å². The van der Waals surface area contributed by atoms with Crippen molar-refractivity contribution in [3.8, 4) is 23.0 Å². The molecule has 2 aliphatic rings. The monoisotopic (exact) mass is 555 g/mol. The van der Waals surface area contributed by atoms with Crippen LogP contribution in [0.15, 0.2) is 30.0 Å². The van der Waals surface area contributed by atoms with Gasteiger partial charge in [-0.2, -0.15) is 0 Å². The first-order valence-electron chi connectivity index (χ1n) is 13.3. The van der Waals surface area contributed by atoms with Crippen LogP contribution in [-0.4, -0.2) is 60.1 Å². The number of ether oxygens (including phenoxy) is 5. The molecule has 0 amide bonds. The Kier molecular flexibility index (Phi) is 7.82. The average Bonchev–Trinajstić information content (AvgIpc) is 2.95. The van der Waals surface area contributed by atoms with Gasteiger partial charge < -0.3 is 23.7 Å². The smallest absolute Gasteiger partial charge is 0.232 e. The van der Waals surface area contributed by atoms with Crippen LogP contribution in [-0.2, 0) is 21.3 Å². The predicted octanol–water partition coefficient (Wildman–Crippen LogP) is 5.88. The molecule has 0 aromatic heterocycles. The van der Waals surface area contributed by atoms with Crippen LogP contribution in [0.3, 0.4) is 0 Å². The van der Waals surface area contributed by atoms with E-state index in [1.807, 2.05) is 30.3 Å². The second kappa shape index (κ2) is 11.1. The highest BCUT2D eigenvalue weighted by Crippen LogP contribution is 2.46. The zero-order valence-electron chi connectivity index (χ0n) is 23.3. The number of fused-ring (bicyclic) bond motifs is 6. The highest BCUT2D eigenvalue weighted by atomic mass is 32.2. The predicted molar refractivity (Wildman–Crippen MR) is 153 cm³/mol. The van der Waals surface area contributed by atoms with Crippen molar-refractivity contribution in [2.75, 3.05) is 41.3 Å². The molecule has 39 heavy (non-hydrogen) atoms. The van der Waals surface area contributed by atoms with E-state index in [0.29, 0.717) is 29.4 Å². The van der Waals surface area contributed by atoms with Crippen molar-refractivity contribution in [1.29, 1.82) is 0 Å². The van der Waals surface area contributed by atoms with Crippen LogP contribution in [0.4, 0.5) is 0 Å². The molecule has 1 atom stereocenters. The number of rotatable bonds is 9. The molecule has 3 aromatic rings. The molecular weight excluding hydrogens is 518 g/mol. The fraction of sp³-hybridized carbons (Fsp3) is 0.467. The molecule has 1 fully saturated rings. The molecule has 0 bridgehead atoms. The fourth-order valence-electron chi connectivity index (χ4n) is 5.88. The van der Waals surface area contributed by atoms with Gasteiger partial charge >= 0.3 is 0 Å². The summed E-state index contributed by atoms with van der Waals surface area (Å²) in [6.07, 6.45) is 9.36. The number of methoxy groups -OCH3 is 4. The van der Waals surface area contributed by atoms with Gasteiger partial charge in [0, 0.05) is 12.3 Å². The van der Waals surface area contributed by atoms with Gasteiger partial charge in [-0.05, 0) is 102 Å². The van der Waals surface area contributed by atoms with E-state index >= 15 is 0 Å². The third-order valence-electron chi connectivity index (χ3n) is 7.84. The molecule has 0 N–H and O–H groups in total. The van der Waals surface area contributed by atoms with E-state index in [4.69, 9.17) is 23.7 Å². The second-order valence-corrected chi connectivity index (χ2v) is 12.1. The maximum absolute atomic E-state index is 13.1. The second-order valence-electron chi connectivity index (χ2n) is 10.2. The van der Waals surface area contributed by atoms with Gasteiger partial charge in [-0.1, -0.05) is 0 Å². The molecule has 5 rings (SSSR count). The molecule has 8 nitrogen and oxygen atoms in total. The van der Waals surface area contributed by atoms with Crippen molar-refractivity contribution in [3.05, 3.63) is 41.1 Å². The van der Waals surface area contributed by atoms with Crippen LogP contribution < -0.4 is 18.9 Å². The Balaban J connectivity index is 1.72. The van der Waals surface area contributed by atoms with Crippen LogP contribution in [0, 0.1) is 0 Å². The average molecular weight is 556 g/mol. The van der Waals surface area contributed by atoms with E-state index in [1.54, 1.807) is 32.7 Å². The molecule has 0 spiro atoms. The number of nitrogens with zero attached hydrogens (tertiary/aromatic N) is 1. The van der Waals surface area contributed by atoms with E-state index < -0.39 is 10.0 Å². The number of allylic oxidation sites excluding steroid dienone is 1. The summed E-state index contributed by atoms with van der Waals surface area (Å²) in [4.78, 5) is 0. The third-order valence-corrected chi connectivity index (χ3v) is 9.01. The molecule has 9 heteroatoms. The first kappa shape index (κ1) is 27.4. The Labute approximate surface area is 230 Å². The molecule has 2 aliphatic heterocycles. The molecule has 1 unspecified atom stereocenters. The Morgan fingerprint density at radius 2 is 1.41 bits per heavy atom. The van der Waals surface area contributed by atoms with Crippen LogP contribution in [0.2, 0.25) is 0 Å². The molecule has 0 aliphatic carbocycles. The van der Waals surface area contributed by atoms with Crippen molar-refractivity contribution in [1.82, 2.24) is 4.31 Å². The Hall–Kier alpha value is -3.17. The van der Waals surface area contributed by atoms with Gasteiger partial charge in [-0.15, -0.1) is 0 Å². The zero-order valence-corrected chi connectivity index (χ0v) is 24.2. The fourth-order valence-corrected chi connectivity index (χ4v) is 6.81. The molecule has 210 valence electrons. The van der Waals surface area contributed by atoms with Crippen molar-refractivity contribution in [2.45, 2.75) is 51.2 Å². The minimum atomic E-state index is -3.51. The number of benzene rings is 3. The van der Waals surface area contributed by atoms with Gasteiger partial charge in [0.05, 0.1) is 47.3 Å². The summed E-state index contributed by atoms with van der Waals surface area (Å²) in [6, 6.07) is 7.82. The van der Waals surface area contributed by atoms with E-state index in [2.05, 4.69) is 0 Å². The number of sulfonamides is 1. The lowest BCUT2D eigenvalue weighted by Crippen LogP contribution is -2.31. The number of hydrogen-bond donors (Lipinski definition) is 0. The van der Waals surface area contributed by atoms with E-state index in [9.17, 15) is 8.42 Å². The summed E-state index contributed by atoms with van der Waals surface area (Å²) in [5, 5.41) is 3.74. The lowest BCUT2D eigenvalue weighted by Gasteiger charge is -2.32. The van der Waals surface area contributed by atoms with Crippen LogP contribution in [0.5, 0.6) is 23.0 Å². The standard InChI is InChI=1S/C30H37NO7S/c1-34-27-14-22-21-13-19(9-8-11-20-10-6-7-12-38-20)31(39(5,32)33)18-26(21)25-17-30(37-4)29(36-3)16-24(25)23(22)15-28(27)35-2/h13-17,20H,6-12,18H2,1-5H3. The topological polar surface area (TPSA) is 83.5 Å². The van der Waals surface area contributed by atoms with Gasteiger partial charge in [-0.3, -0.25) is 4.31 Å². The molecule has 2 heterocycles. The molecule has 0 saturated carbocycles. The summed E-state index contributed by atoms with van der Waals surface area (Å²) >= 11 is 0. The summed E-state index contributed by atoms with van der Waals surface area (Å²) in [6.45, 7) is 1.05. The Morgan fingerprint density at radius 1 is 0.846 bits per heavy atom. The van der Waals surface area contributed by atoms with E-state index in [-0.39, 0.29) is 12.6 Å². The lowest BCUT2D eigenvalue weighted by molar-refractivity contribution is 0.0101. The van der Waals surface area contributed by atoms with Crippen LogP contribution in [0.1, 0.15) is 49.7 Å². The molecule has 3 aromatic carbocycles. The number of hydrogen-bond acceptors (Lipinski definition) is 7. The van der Waals surface area contributed by atoms with E-state index in [0.717, 1.165) is 70.7 Å². The van der Waals surface area contributed by atoms with Gasteiger partial charge in [0.2, 0.25) is 10.0 Å². The van der Waals surface area contributed by atoms with Crippen molar-refractivity contribution < 1.29 is 32.1 Å². The zero-order chi connectivity index (χ0) is 27.7. The maximum atomic E-state index is 13.1. The summed E-state index contributed by atoms with van der Waals surface area (Å²) in [5.74, 6) is 2.41. The molecule has 0 radical (unpaired) electrons. The highest BCUT2D eigenvalue weighted by molar-refractivity contribution is 7.88. The molecular formula is C30H37NO7S. The minimum Gasteiger partial charge on any atom is -0.493 e. The minimum absolute atomic E-state index is 0.232. The first-order valence-corrected chi connectivity index (χ1v) is 15.2. The van der Waals surface area contributed by atoms with E-state index in [1.165, 1.54) is 12.7 Å². The van der Waals surface area contributed by atoms with Crippen molar-refractivity contribution in [2.24, 2.45) is 0 Å². The summed E-state index contributed by atoms with van der Waals surface area (Å²) in [7, 11) is 2.92. The largest absolute Gasteiger partial charge is 0.493 e. The molecule has 1 saturated heterocycles. The van der Waals surface area contributed by atoms with Gasteiger partial charge in [0.15, 0.2) is 23.0 Å². The highest BCUT2D eigenvalue weighted by Gasteiger charge is 2.29. The summed E-state index contributed by atoms with van der Waals surface area (Å²) in [5.41, 5.74) is 2.68. The lowest BCUT2D eigenvalue weighted by atomic mass is 9.88. The summed E-state index contributed by atoms with van der Waals surface area (Å²) < 4.78 is 56.1. The van der Waals surface area contributed by atoms with Crippen molar-refractivity contribution >= 4 is 37.6 Å². The van der Waals surface area contributed by atoms with Crippen molar-refractivity contribution in [3.63, 3.8) is 0 Å². The SMILES string of the molecule is COc1cc2c3c(c4cc(OC)c(OC)cc4c2cc1OC)CN(S(C)(=O)=O)C(CCCC1CCCCO1)=C3. The quantitative estimate of drug-likeness (QED) is 0.305. The van der Waals surface area contributed by atoms with Crippen LogP contribution in [0.25, 0.3) is 27.6 Å². The van der Waals surface area contributed by atoms with Gasteiger partial charge in [0.25, 0.3) is 0 Å². The Morgan fingerprint density at radius 3 is 1.95 bits per heavy atom. The van der Waals surface area contributed by atoms with Gasteiger partial charge in [0.1, 0.15) is 0 Å². The first-order chi connectivity index (χ1) is 18.8. The third kappa shape index (κ3) is 5.22. The Bertz CT molecular complexity index is 1520. The normalized spacial score (nSPS) is 17.6. The maximum Gasteiger partial charge on any atom is 0.232 e. The van der Waals surface area contributed by atoms with Gasteiger partial charge in [-0.25, -0.2) is 8.42 Å².